The summed E-state index contributed by atoms with van der Waals surface area (Å²) in [6.07, 6.45) is 0. The number of aryl methyl sites for hydroxylation is 1. The van der Waals surface area contributed by atoms with Gasteiger partial charge in [-0.1, -0.05) is 42.0 Å². The molecule has 6 heteroatoms. The molecule has 0 amide bonds. The van der Waals surface area contributed by atoms with Crippen molar-refractivity contribution in [2.45, 2.75) is 6.92 Å². The van der Waals surface area contributed by atoms with Gasteiger partial charge in [0.25, 0.3) is 0 Å². The molecule has 0 bridgehead atoms. The van der Waals surface area contributed by atoms with Crippen molar-refractivity contribution in [3.63, 3.8) is 0 Å². The second kappa shape index (κ2) is 8.36. The molecule has 0 aliphatic heterocycles. The van der Waals surface area contributed by atoms with Gasteiger partial charge in [-0.15, -0.1) is 0 Å². The molecular weight excluding hydrogens is 396 g/mol. The second-order valence-corrected chi connectivity index (χ2v) is 6.91. The van der Waals surface area contributed by atoms with Gasteiger partial charge in [0.15, 0.2) is 17.3 Å². The summed E-state index contributed by atoms with van der Waals surface area (Å²) in [5.41, 5.74) is 1.87. The van der Waals surface area contributed by atoms with E-state index in [-0.39, 0.29) is 17.1 Å². The van der Waals surface area contributed by atoms with Crippen LogP contribution in [0.5, 0.6) is 17.2 Å². The number of carbonyl (C=O) groups is 1. The van der Waals surface area contributed by atoms with Gasteiger partial charge >= 0.3 is 5.97 Å². The maximum absolute atomic E-state index is 13.2. The van der Waals surface area contributed by atoms with E-state index in [1.165, 1.54) is 26.4 Å². The quantitative estimate of drug-likeness (QED) is 0.426. The van der Waals surface area contributed by atoms with E-state index in [2.05, 4.69) is 0 Å². The van der Waals surface area contributed by atoms with Gasteiger partial charge in [0.1, 0.15) is 5.58 Å². The normalized spacial score (nSPS) is 10.7. The van der Waals surface area contributed by atoms with Gasteiger partial charge in [-0.3, -0.25) is 4.79 Å². The molecule has 156 valence electrons. The fourth-order valence-corrected chi connectivity index (χ4v) is 3.23. The molecule has 31 heavy (non-hydrogen) atoms. The van der Waals surface area contributed by atoms with Crippen molar-refractivity contribution >= 4 is 16.9 Å². The Labute approximate surface area is 178 Å². The van der Waals surface area contributed by atoms with Crippen LogP contribution in [0, 0.1) is 6.92 Å². The molecule has 1 heterocycles. The molecule has 0 aliphatic carbocycles. The highest BCUT2D eigenvalue weighted by molar-refractivity contribution is 5.93. The predicted molar refractivity (Wildman–Crippen MR) is 117 cm³/mol. The van der Waals surface area contributed by atoms with Crippen LogP contribution in [0.4, 0.5) is 0 Å². The number of esters is 1. The minimum absolute atomic E-state index is 0.165. The van der Waals surface area contributed by atoms with Crippen LogP contribution in [-0.2, 0) is 0 Å². The summed E-state index contributed by atoms with van der Waals surface area (Å²) in [6, 6.07) is 18.9. The fraction of sp³-hybridized carbons (Fsp3) is 0.120. The monoisotopic (exact) mass is 416 g/mol. The highest BCUT2D eigenvalue weighted by atomic mass is 16.5. The SMILES string of the molecule is COc1ccc(C(=O)Oc2c(-c3ccc(C)cc3)oc3ccccc3c2=O)cc1OC. The molecule has 0 saturated heterocycles. The molecule has 6 nitrogen and oxygen atoms in total. The van der Waals surface area contributed by atoms with Gasteiger partial charge in [-0.05, 0) is 37.3 Å². The Morgan fingerprint density at radius 1 is 0.871 bits per heavy atom. The molecule has 0 atom stereocenters. The van der Waals surface area contributed by atoms with E-state index in [0.29, 0.717) is 28.0 Å². The van der Waals surface area contributed by atoms with Gasteiger partial charge in [0.2, 0.25) is 11.2 Å². The Hall–Kier alpha value is -4.06. The molecule has 0 aliphatic rings. The van der Waals surface area contributed by atoms with E-state index in [9.17, 15) is 9.59 Å². The van der Waals surface area contributed by atoms with Crippen LogP contribution < -0.4 is 19.6 Å². The molecule has 4 rings (SSSR count). The number of rotatable bonds is 5. The van der Waals surface area contributed by atoms with Crippen LogP contribution in [0.1, 0.15) is 15.9 Å². The molecular formula is C25H20O6. The van der Waals surface area contributed by atoms with Gasteiger partial charge in [0, 0.05) is 5.56 Å². The number of para-hydroxylation sites is 1. The number of carbonyl (C=O) groups excluding carboxylic acids is 1. The van der Waals surface area contributed by atoms with Crippen molar-refractivity contribution in [1.29, 1.82) is 0 Å². The molecule has 1 aromatic heterocycles. The first-order valence-electron chi connectivity index (χ1n) is 9.59. The molecule has 0 unspecified atom stereocenters. The Morgan fingerprint density at radius 2 is 1.58 bits per heavy atom. The lowest BCUT2D eigenvalue weighted by atomic mass is 10.1. The average Bonchev–Trinajstić information content (AvgIpc) is 2.80. The van der Waals surface area contributed by atoms with Crippen LogP contribution in [0.25, 0.3) is 22.3 Å². The summed E-state index contributed by atoms with van der Waals surface area (Å²) in [5.74, 6) is 0.169. The minimum Gasteiger partial charge on any atom is -0.493 e. The zero-order valence-electron chi connectivity index (χ0n) is 17.3. The van der Waals surface area contributed by atoms with Crippen molar-refractivity contribution in [3.8, 4) is 28.6 Å². The summed E-state index contributed by atoms with van der Waals surface area (Å²) in [5, 5.41) is 0.327. The third-order valence-corrected chi connectivity index (χ3v) is 4.88. The van der Waals surface area contributed by atoms with Crippen molar-refractivity contribution in [2.24, 2.45) is 0 Å². The zero-order chi connectivity index (χ0) is 22.0. The van der Waals surface area contributed by atoms with E-state index in [1.807, 2.05) is 31.2 Å². The zero-order valence-corrected chi connectivity index (χ0v) is 17.3. The second-order valence-electron chi connectivity index (χ2n) is 6.91. The summed E-state index contributed by atoms with van der Waals surface area (Å²) in [6.45, 7) is 1.96. The lowest BCUT2D eigenvalue weighted by molar-refractivity contribution is 0.0731. The van der Waals surface area contributed by atoms with Crippen molar-refractivity contribution in [1.82, 2.24) is 0 Å². The first kappa shape index (κ1) is 20.2. The topological polar surface area (TPSA) is 75.0 Å². The molecule has 0 spiro atoms. The smallest absolute Gasteiger partial charge is 0.343 e. The molecule has 0 radical (unpaired) electrons. The Morgan fingerprint density at radius 3 is 2.29 bits per heavy atom. The molecule has 0 fully saturated rings. The maximum Gasteiger partial charge on any atom is 0.343 e. The van der Waals surface area contributed by atoms with E-state index in [0.717, 1.165) is 5.56 Å². The van der Waals surface area contributed by atoms with E-state index >= 15 is 0 Å². The Bertz CT molecular complexity index is 1320. The minimum atomic E-state index is -0.711. The number of hydrogen-bond acceptors (Lipinski definition) is 6. The summed E-state index contributed by atoms with van der Waals surface area (Å²) < 4.78 is 22.0. The number of fused-ring (bicyclic) bond motifs is 1. The molecule has 0 N–H and O–H groups in total. The first-order chi connectivity index (χ1) is 15.0. The van der Waals surface area contributed by atoms with Crippen molar-refractivity contribution in [2.75, 3.05) is 14.2 Å². The van der Waals surface area contributed by atoms with Gasteiger partial charge in [-0.25, -0.2) is 4.79 Å². The van der Waals surface area contributed by atoms with E-state index in [4.69, 9.17) is 18.6 Å². The van der Waals surface area contributed by atoms with Gasteiger partial charge < -0.3 is 18.6 Å². The first-order valence-corrected chi connectivity index (χ1v) is 9.59. The maximum atomic E-state index is 13.2. The van der Waals surface area contributed by atoms with Crippen molar-refractivity contribution in [3.05, 3.63) is 88.1 Å². The number of ether oxygens (including phenoxy) is 3. The predicted octanol–water partition coefficient (Wildman–Crippen LogP) is 5.00. The van der Waals surface area contributed by atoms with Crippen LogP contribution in [0.15, 0.2) is 75.9 Å². The average molecular weight is 416 g/mol. The van der Waals surface area contributed by atoms with Crippen LogP contribution in [0.2, 0.25) is 0 Å². The summed E-state index contributed by atoms with van der Waals surface area (Å²) in [4.78, 5) is 26.1. The summed E-state index contributed by atoms with van der Waals surface area (Å²) in [7, 11) is 2.98. The third kappa shape index (κ3) is 3.88. The Balaban J connectivity index is 1.83. The van der Waals surface area contributed by atoms with Gasteiger partial charge in [0.05, 0.1) is 25.2 Å². The number of benzene rings is 3. The standard InChI is InChI=1S/C25H20O6/c1-15-8-10-16(11-9-15)23-24(22(26)18-6-4-5-7-19(18)30-23)31-25(27)17-12-13-20(28-2)21(14-17)29-3/h4-14H,1-3H3. The fourth-order valence-electron chi connectivity index (χ4n) is 3.23. The summed E-state index contributed by atoms with van der Waals surface area (Å²) >= 11 is 0. The lowest BCUT2D eigenvalue weighted by Crippen LogP contribution is -2.16. The van der Waals surface area contributed by atoms with Crippen molar-refractivity contribution < 1.29 is 23.4 Å². The number of methoxy groups -OCH3 is 2. The number of hydrogen-bond donors (Lipinski definition) is 0. The molecule has 4 aromatic rings. The highest BCUT2D eigenvalue weighted by Gasteiger charge is 2.22. The van der Waals surface area contributed by atoms with Crippen LogP contribution in [-0.4, -0.2) is 20.2 Å². The van der Waals surface area contributed by atoms with E-state index in [1.54, 1.807) is 30.3 Å². The van der Waals surface area contributed by atoms with Crippen LogP contribution in [0.3, 0.4) is 0 Å². The molecule has 0 saturated carbocycles. The van der Waals surface area contributed by atoms with Crippen LogP contribution >= 0.6 is 0 Å². The lowest BCUT2D eigenvalue weighted by Gasteiger charge is -2.12. The molecule has 3 aromatic carbocycles. The Kier molecular flexibility index (Phi) is 5.45. The van der Waals surface area contributed by atoms with E-state index < -0.39 is 11.4 Å². The third-order valence-electron chi connectivity index (χ3n) is 4.88. The van der Waals surface area contributed by atoms with Gasteiger partial charge in [-0.2, -0.15) is 0 Å². The highest BCUT2D eigenvalue weighted by Crippen LogP contribution is 2.32. The largest absolute Gasteiger partial charge is 0.493 e.